The maximum Gasteiger partial charge on any atom is 0.247 e. The predicted molar refractivity (Wildman–Crippen MR) is 113 cm³/mol. The van der Waals surface area contributed by atoms with Gasteiger partial charge in [-0.25, -0.2) is 0 Å². The fourth-order valence-electron chi connectivity index (χ4n) is 3.91. The molecule has 30 heavy (non-hydrogen) atoms. The molecule has 156 valence electrons. The normalized spacial score (nSPS) is 14.6. The zero-order valence-corrected chi connectivity index (χ0v) is 17.3. The molecule has 0 saturated carbocycles. The van der Waals surface area contributed by atoms with Crippen LogP contribution in [-0.4, -0.2) is 36.7 Å². The second-order valence-corrected chi connectivity index (χ2v) is 7.32. The number of anilines is 1. The minimum absolute atomic E-state index is 0.140. The lowest BCUT2D eigenvalue weighted by atomic mass is 9.95. The molecule has 0 saturated heterocycles. The van der Waals surface area contributed by atoms with Gasteiger partial charge in [0.15, 0.2) is 17.3 Å². The summed E-state index contributed by atoms with van der Waals surface area (Å²) in [6.45, 7) is 3.16. The first-order valence-electron chi connectivity index (χ1n) is 9.86. The molecule has 0 radical (unpaired) electrons. The summed E-state index contributed by atoms with van der Waals surface area (Å²) in [7, 11) is 3.27. The average molecular weight is 407 g/mol. The van der Waals surface area contributed by atoms with Crippen LogP contribution in [0.25, 0.3) is 0 Å². The Hall–Kier alpha value is -3.32. The van der Waals surface area contributed by atoms with E-state index in [1.807, 2.05) is 42.5 Å². The molecule has 1 N–H and O–H groups in total. The molecule has 0 fully saturated rings. The summed E-state index contributed by atoms with van der Waals surface area (Å²) in [5, 5.41) is 6.79. The second-order valence-electron chi connectivity index (χ2n) is 7.32. The van der Waals surface area contributed by atoms with Crippen LogP contribution >= 0.6 is 0 Å². The lowest BCUT2D eigenvalue weighted by molar-refractivity contribution is -0.122. The van der Waals surface area contributed by atoms with Crippen LogP contribution in [-0.2, 0) is 17.8 Å². The van der Waals surface area contributed by atoms with E-state index in [1.54, 1.807) is 27.2 Å². The van der Waals surface area contributed by atoms with Crippen molar-refractivity contribution in [3.63, 3.8) is 0 Å². The van der Waals surface area contributed by atoms with Gasteiger partial charge in [-0.05, 0) is 42.2 Å². The number of hydrogen-bond acceptors (Lipinski definition) is 6. The maximum absolute atomic E-state index is 13.3. The number of fused-ring (bicyclic) bond motifs is 1. The number of nitrogens with one attached hydrogen (secondary N) is 1. The van der Waals surface area contributed by atoms with E-state index in [9.17, 15) is 4.79 Å². The van der Waals surface area contributed by atoms with Crippen molar-refractivity contribution >= 4 is 11.7 Å². The van der Waals surface area contributed by atoms with Crippen molar-refractivity contribution in [3.05, 3.63) is 71.0 Å². The molecule has 0 spiro atoms. The highest BCUT2D eigenvalue weighted by Crippen LogP contribution is 2.35. The van der Waals surface area contributed by atoms with Crippen molar-refractivity contribution in [3.8, 4) is 11.5 Å². The Bertz CT molecular complexity index is 1030. The molecule has 7 nitrogen and oxygen atoms in total. The third-order valence-electron chi connectivity index (χ3n) is 5.36. The molecule has 4 rings (SSSR count). The number of ether oxygens (including phenoxy) is 2. The Morgan fingerprint density at radius 2 is 1.80 bits per heavy atom. The number of carbonyl (C=O) groups is 1. The lowest BCUT2D eigenvalue weighted by Gasteiger charge is -2.35. The van der Waals surface area contributed by atoms with Crippen molar-refractivity contribution < 1.29 is 18.8 Å². The molecule has 3 aromatic rings. The van der Waals surface area contributed by atoms with E-state index in [0.717, 1.165) is 29.8 Å². The molecule has 2 aromatic carbocycles. The van der Waals surface area contributed by atoms with Crippen molar-refractivity contribution in [2.24, 2.45) is 0 Å². The van der Waals surface area contributed by atoms with Crippen LogP contribution in [0.15, 0.2) is 53.1 Å². The number of nitrogens with zero attached hydrogens (tertiary/aromatic N) is 2. The van der Waals surface area contributed by atoms with Crippen LogP contribution in [0.2, 0.25) is 0 Å². The summed E-state index contributed by atoms with van der Waals surface area (Å²) in [5.41, 5.74) is 3.27. The fraction of sp³-hybridized carbons (Fsp3) is 0.304. The van der Waals surface area contributed by atoms with Gasteiger partial charge in [-0.2, -0.15) is 0 Å². The summed E-state index contributed by atoms with van der Waals surface area (Å²) in [6, 6.07) is 15.1. The number of hydrogen-bond donors (Lipinski definition) is 1. The first-order chi connectivity index (χ1) is 14.6. The second kappa shape index (κ2) is 8.59. The first-order valence-corrected chi connectivity index (χ1v) is 9.86. The molecule has 1 aliphatic rings. The number of methoxy groups -OCH3 is 2. The standard InChI is InChI=1S/C23H25N3O4/c1-15-11-21(25-30-15)24-23(27)22(16-7-5-4-6-8-16)26-10-9-17-12-19(28-2)20(29-3)13-18(17)14-26/h4-8,11-13,22H,9-10,14H2,1-3H3,(H,24,25,27)/t22-/m0/s1. The van der Waals surface area contributed by atoms with E-state index >= 15 is 0 Å². The van der Waals surface area contributed by atoms with Gasteiger partial charge < -0.3 is 19.3 Å². The Morgan fingerprint density at radius 1 is 1.10 bits per heavy atom. The van der Waals surface area contributed by atoms with Crippen molar-refractivity contribution in [2.75, 3.05) is 26.1 Å². The average Bonchev–Trinajstić information content (AvgIpc) is 3.18. The third-order valence-corrected chi connectivity index (χ3v) is 5.36. The summed E-state index contributed by atoms with van der Waals surface area (Å²) in [6.07, 6.45) is 0.815. The predicted octanol–water partition coefficient (Wildman–Crippen LogP) is 3.74. The van der Waals surface area contributed by atoms with Crippen LogP contribution in [0.5, 0.6) is 11.5 Å². The van der Waals surface area contributed by atoms with Crippen LogP contribution in [0, 0.1) is 6.92 Å². The van der Waals surface area contributed by atoms with E-state index in [0.29, 0.717) is 23.9 Å². The quantitative estimate of drug-likeness (QED) is 0.671. The maximum atomic E-state index is 13.3. The zero-order valence-electron chi connectivity index (χ0n) is 17.3. The smallest absolute Gasteiger partial charge is 0.247 e. The topological polar surface area (TPSA) is 76.8 Å². The molecular weight excluding hydrogens is 382 g/mol. The van der Waals surface area contributed by atoms with Gasteiger partial charge in [0.2, 0.25) is 5.91 Å². The van der Waals surface area contributed by atoms with Gasteiger partial charge in [0.25, 0.3) is 0 Å². The number of aromatic nitrogens is 1. The van der Waals surface area contributed by atoms with E-state index in [1.165, 1.54) is 5.56 Å². The summed E-state index contributed by atoms with van der Waals surface area (Å²) in [5.74, 6) is 2.34. The number of benzene rings is 2. The number of amides is 1. The van der Waals surface area contributed by atoms with Gasteiger partial charge in [-0.15, -0.1) is 0 Å². The zero-order chi connectivity index (χ0) is 21.1. The van der Waals surface area contributed by atoms with E-state index < -0.39 is 6.04 Å². The Morgan fingerprint density at radius 3 is 2.43 bits per heavy atom. The molecule has 0 unspecified atom stereocenters. The summed E-state index contributed by atoms with van der Waals surface area (Å²) in [4.78, 5) is 15.5. The number of aryl methyl sites for hydroxylation is 1. The molecule has 0 aliphatic carbocycles. The number of rotatable bonds is 6. The van der Waals surface area contributed by atoms with Gasteiger partial charge in [0, 0.05) is 19.2 Å². The van der Waals surface area contributed by atoms with E-state index in [4.69, 9.17) is 14.0 Å². The summed E-state index contributed by atoms with van der Waals surface area (Å²) >= 11 is 0. The van der Waals surface area contributed by atoms with Gasteiger partial charge in [-0.1, -0.05) is 35.5 Å². The van der Waals surface area contributed by atoms with Crippen molar-refractivity contribution in [2.45, 2.75) is 25.9 Å². The molecule has 0 bridgehead atoms. The molecule has 1 aliphatic heterocycles. The first kappa shape index (κ1) is 20.0. The molecule has 7 heteroatoms. The van der Waals surface area contributed by atoms with E-state index in [-0.39, 0.29) is 5.91 Å². The third kappa shape index (κ3) is 4.02. The van der Waals surface area contributed by atoms with Crippen molar-refractivity contribution in [1.29, 1.82) is 0 Å². The van der Waals surface area contributed by atoms with Crippen LogP contribution in [0.1, 0.15) is 28.5 Å². The Labute approximate surface area is 175 Å². The highest BCUT2D eigenvalue weighted by molar-refractivity contribution is 5.94. The Kier molecular flexibility index (Phi) is 5.72. The van der Waals surface area contributed by atoms with Gasteiger partial charge in [-0.3, -0.25) is 9.69 Å². The molecular formula is C23H25N3O4. The fourth-order valence-corrected chi connectivity index (χ4v) is 3.91. The monoisotopic (exact) mass is 407 g/mol. The van der Waals surface area contributed by atoms with Gasteiger partial charge in [0.05, 0.1) is 14.2 Å². The van der Waals surface area contributed by atoms with Crippen LogP contribution < -0.4 is 14.8 Å². The van der Waals surface area contributed by atoms with Gasteiger partial charge >= 0.3 is 0 Å². The highest BCUT2D eigenvalue weighted by Gasteiger charge is 2.31. The van der Waals surface area contributed by atoms with Gasteiger partial charge in [0.1, 0.15) is 11.8 Å². The Balaban J connectivity index is 1.64. The highest BCUT2D eigenvalue weighted by atomic mass is 16.5. The summed E-state index contributed by atoms with van der Waals surface area (Å²) < 4.78 is 16.0. The minimum atomic E-state index is -0.454. The van der Waals surface area contributed by atoms with Crippen LogP contribution in [0.3, 0.4) is 0 Å². The number of carbonyl (C=O) groups excluding carboxylic acids is 1. The molecule has 1 aromatic heterocycles. The molecule has 1 amide bonds. The van der Waals surface area contributed by atoms with Crippen LogP contribution in [0.4, 0.5) is 5.82 Å². The SMILES string of the molecule is COc1cc2c(cc1OC)CN([C@H](C(=O)Nc1cc(C)on1)c1ccccc1)CC2. The molecule has 1 atom stereocenters. The lowest BCUT2D eigenvalue weighted by Crippen LogP contribution is -2.40. The largest absolute Gasteiger partial charge is 0.493 e. The minimum Gasteiger partial charge on any atom is -0.493 e. The van der Waals surface area contributed by atoms with Crippen molar-refractivity contribution in [1.82, 2.24) is 10.1 Å². The van der Waals surface area contributed by atoms with E-state index in [2.05, 4.69) is 15.4 Å². The molecule has 2 heterocycles.